The predicted octanol–water partition coefficient (Wildman–Crippen LogP) is 2.93. The molecule has 31 heavy (non-hydrogen) atoms. The number of hydrogen-bond acceptors (Lipinski definition) is 4. The van der Waals surface area contributed by atoms with Gasteiger partial charge in [0.15, 0.2) is 0 Å². The van der Waals surface area contributed by atoms with Gasteiger partial charge in [0.25, 0.3) is 0 Å². The molecule has 0 aromatic heterocycles. The van der Waals surface area contributed by atoms with Crippen LogP contribution >= 0.6 is 23.2 Å². The molecule has 1 unspecified atom stereocenters. The van der Waals surface area contributed by atoms with Gasteiger partial charge in [-0.1, -0.05) is 72.9 Å². The first-order valence-corrected chi connectivity index (χ1v) is 10.8. The first kappa shape index (κ1) is 25.2. The van der Waals surface area contributed by atoms with E-state index in [1.54, 1.807) is 32.0 Å². The third-order valence-electron chi connectivity index (χ3n) is 4.96. The van der Waals surface area contributed by atoms with Gasteiger partial charge in [0, 0.05) is 16.6 Å². The Bertz CT molecular complexity index is 907. The van der Waals surface area contributed by atoms with Crippen molar-refractivity contribution < 1.29 is 19.6 Å². The summed E-state index contributed by atoms with van der Waals surface area (Å²) in [7, 11) is -1.77. The number of aryl methyl sites for hydroxylation is 1. The van der Waals surface area contributed by atoms with Crippen LogP contribution in [0.5, 0.6) is 0 Å². The van der Waals surface area contributed by atoms with Gasteiger partial charge in [-0.15, -0.1) is 0 Å². The van der Waals surface area contributed by atoms with E-state index in [0.29, 0.717) is 15.6 Å². The van der Waals surface area contributed by atoms with Crippen LogP contribution in [0.4, 0.5) is 0 Å². The number of halogens is 2. The normalized spacial score (nSPS) is 12.9. The lowest BCUT2D eigenvalue weighted by molar-refractivity contribution is -0.137. The zero-order valence-corrected chi connectivity index (χ0v) is 19.2. The van der Waals surface area contributed by atoms with E-state index in [0.717, 1.165) is 11.1 Å². The first-order valence-electron chi connectivity index (χ1n) is 10.0. The fraction of sp³-hybridized carbons (Fsp3) is 0.364. The summed E-state index contributed by atoms with van der Waals surface area (Å²) >= 11 is 12.0. The number of carbonyl (C=O) groups excluding carboxylic acids is 2. The Labute approximate surface area is 193 Å². The molecule has 6 nitrogen and oxygen atoms in total. The molecular formula is C22H27BCl2N2O4. The van der Waals surface area contributed by atoms with Gasteiger partial charge in [0.05, 0.1) is 5.94 Å². The van der Waals surface area contributed by atoms with Crippen LogP contribution in [0.25, 0.3) is 0 Å². The van der Waals surface area contributed by atoms with Gasteiger partial charge in [0.2, 0.25) is 11.8 Å². The molecule has 0 aliphatic rings. The lowest BCUT2D eigenvalue weighted by Gasteiger charge is -2.24. The quantitative estimate of drug-likeness (QED) is 0.338. The Kier molecular flexibility index (Phi) is 9.38. The van der Waals surface area contributed by atoms with Crippen molar-refractivity contribution in [3.63, 3.8) is 0 Å². The minimum atomic E-state index is -1.77. The van der Waals surface area contributed by atoms with E-state index in [1.165, 1.54) is 0 Å². The lowest BCUT2D eigenvalue weighted by Crippen LogP contribution is -2.53. The van der Waals surface area contributed by atoms with Crippen molar-refractivity contribution in [3.05, 3.63) is 69.2 Å². The highest BCUT2D eigenvalue weighted by atomic mass is 35.5. The van der Waals surface area contributed by atoms with Crippen LogP contribution in [0.1, 0.15) is 30.5 Å². The Hall–Kier alpha value is -2.06. The minimum Gasteiger partial charge on any atom is -0.426 e. The molecule has 0 bridgehead atoms. The smallest absolute Gasteiger partial charge is 0.426 e. The largest absolute Gasteiger partial charge is 0.475 e. The van der Waals surface area contributed by atoms with Crippen LogP contribution in [-0.4, -0.2) is 34.9 Å². The molecule has 4 N–H and O–H groups in total. The molecule has 9 heteroatoms. The molecule has 2 amide bonds. The second kappa shape index (κ2) is 11.5. The van der Waals surface area contributed by atoms with E-state index in [9.17, 15) is 19.6 Å². The molecule has 0 aliphatic heterocycles. The first-order chi connectivity index (χ1) is 14.6. The summed E-state index contributed by atoms with van der Waals surface area (Å²) < 4.78 is 0. The molecule has 2 rings (SSSR count). The van der Waals surface area contributed by atoms with Crippen LogP contribution in [0, 0.1) is 18.8 Å². The summed E-state index contributed by atoms with van der Waals surface area (Å²) in [5.41, 5.74) is 2.59. The fourth-order valence-corrected chi connectivity index (χ4v) is 3.64. The summed E-state index contributed by atoms with van der Waals surface area (Å²) in [6, 6.07) is 12.5. The average Bonchev–Trinajstić information content (AvgIpc) is 2.68. The molecule has 0 heterocycles. The zero-order chi connectivity index (χ0) is 23.1. The zero-order valence-electron chi connectivity index (χ0n) is 17.7. The molecule has 166 valence electrons. The third kappa shape index (κ3) is 7.54. The number of nitrogens with one attached hydrogen (secondary N) is 2. The van der Waals surface area contributed by atoms with Gasteiger partial charge in [-0.25, -0.2) is 0 Å². The minimum absolute atomic E-state index is 0.140. The van der Waals surface area contributed by atoms with E-state index in [1.807, 2.05) is 31.2 Å². The lowest BCUT2D eigenvalue weighted by atomic mass is 9.75. The van der Waals surface area contributed by atoms with E-state index >= 15 is 0 Å². The highest BCUT2D eigenvalue weighted by Crippen LogP contribution is 2.21. The Morgan fingerprint density at radius 2 is 1.68 bits per heavy atom. The number of benzene rings is 2. The highest BCUT2D eigenvalue weighted by Gasteiger charge is 2.34. The van der Waals surface area contributed by atoms with Gasteiger partial charge in [-0.3, -0.25) is 9.59 Å². The van der Waals surface area contributed by atoms with Crippen LogP contribution in [-0.2, 0) is 22.6 Å². The molecule has 0 aliphatic carbocycles. The molecule has 2 aromatic carbocycles. The monoisotopic (exact) mass is 464 g/mol. The third-order valence-corrected chi connectivity index (χ3v) is 5.55. The molecule has 2 atom stereocenters. The highest BCUT2D eigenvalue weighted by molar-refractivity contribution is 6.43. The van der Waals surface area contributed by atoms with Crippen molar-refractivity contribution in [1.29, 1.82) is 0 Å². The Morgan fingerprint density at radius 1 is 1.03 bits per heavy atom. The van der Waals surface area contributed by atoms with Crippen molar-refractivity contribution in [2.24, 2.45) is 11.8 Å². The Balaban J connectivity index is 2.06. The second-order valence-corrected chi connectivity index (χ2v) is 8.74. The van der Waals surface area contributed by atoms with Crippen LogP contribution in [0.15, 0.2) is 42.5 Å². The maximum atomic E-state index is 12.9. The maximum absolute atomic E-state index is 12.9. The standard InChI is InChI=1S/C22H27BCl2N2O4/c1-13(2)20(21(28)26-12-16-8-9-17(24)11-18(16)25)22(29)27-19(23(30)31)10-15-6-4-14(3)5-7-15/h4-9,11,13,19-20,30-31H,10,12H2,1-3H3,(H,26,28)(H,27,29)/t19-,20?/m0/s1. The van der Waals surface area contributed by atoms with E-state index in [-0.39, 0.29) is 18.9 Å². The summed E-state index contributed by atoms with van der Waals surface area (Å²) in [6.07, 6.45) is 0.219. The predicted molar refractivity (Wildman–Crippen MR) is 124 cm³/mol. The molecule has 0 saturated carbocycles. The van der Waals surface area contributed by atoms with Gasteiger partial charge < -0.3 is 20.7 Å². The van der Waals surface area contributed by atoms with E-state index < -0.39 is 30.8 Å². The van der Waals surface area contributed by atoms with E-state index in [4.69, 9.17) is 23.2 Å². The number of hydrogen-bond donors (Lipinski definition) is 4. The number of amides is 2. The summed E-state index contributed by atoms with van der Waals surface area (Å²) in [5.74, 6) is -3.31. The molecule has 0 saturated heterocycles. The molecule has 0 spiro atoms. The second-order valence-electron chi connectivity index (χ2n) is 7.89. The van der Waals surface area contributed by atoms with Crippen LogP contribution in [0.3, 0.4) is 0 Å². The van der Waals surface area contributed by atoms with Crippen molar-refractivity contribution in [3.8, 4) is 0 Å². The summed E-state index contributed by atoms with van der Waals surface area (Å²) in [6.45, 7) is 5.60. The van der Waals surface area contributed by atoms with Crippen LogP contribution < -0.4 is 10.6 Å². The van der Waals surface area contributed by atoms with Crippen LogP contribution in [0.2, 0.25) is 10.0 Å². The fourth-order valence-electron chi connectivity index (χ4n) is 3.16. The topological polar surface area (TPSA) is 98.7 Å². The molecule has 2 aromatic rings. The maximum Gasteiger partial charge on any atom is 0.475 e. The van der Waals surface area contributed by atoms with Gasteiger partial charge >= 0.3 is 7.12 Å². The molecule has 0 fully saturated rings. The van der Waals surface area contributed by atoms with Crippen molar-refractivity contribution >= 4 is 42.1 Å². The summed E-state index contributed by atoms with van der Waals surface area (Å²) in [5, 5.41) is 25.8. The number of carbonyl (C=O) groups is 2. The summed E-state index contributed by atoms with van der Waals surface area (Å²) in [4.78, 5) is 25.6. The van der Waals surface area contributed by atoms with Crippen molar-refractivity contribution in [2.75, 3.05) is 0 Å². The number of rotatable bonds is 9. The molecular weight excluding hydrogens is 438 g/mol. The average molecular weight is 465 g/mol. The van der Waals surface area contributed by atoms with Crippen molar-refractivity contribution in [2.45, 2.75) is 39.7 Å². The molecule has 0 radical (unpaired) electrons. The SMILES string of the molecule is Cc1ccc(C[C@H](NC(=O)C(C(=O)NCc2ccc(Cl)cc2Cl)C(C)C)B(O)O)cc1. The van der Waals surface area contributed by atoms with E-state index in [2.05, 4.69) is 10.6 Å². The van der Waals surface area contributed by atoms with Gasteiger partial charge in [0.1, 0.15) is 5.92 Å². The van der Waals surface area contributed by atoms with Gasteiger partial charge in [-0.2, -0.15) is 0 Å². The van der Waals surface area contributed by atoms with Crippen molar-refractivity contribution in [1.82, 2.24) is 10.6 Å². The van der Waals surface area contributed by atoms with Gasteiger partial charge in [-0.05, 0) is 42.5 Å². The Morgan fingerprint density at radius 3 is 2.23 bits per heavy atom.